The molecule has 2 atom stereocenters. The first-order valence-electron chi connectivity index (χ1n) is 14.1. The molecule has 2 aromatic rings. The molecule has 2 unspecified atom stereocenters. The molecule has 11 heteroatoms. The second-order valence-electron chi connectivity index (χ2n) is 11.9. The number of ketones is 1. The molecule has 2 amide bonds. The zero-order valence-electron chi connectivity index (χ0n) is 24.4. The Morgan fingerprint density at radius 1 is 0.952 bits per heavy atom. The van der Waals surface area contributed by atoms with Crippen LogP contribution in [0, 0.1) is 17.3 Å². The highest BCUT2D eigenvalue weighted by Gasteiger charge is 2.34. The van der Waals surface area contributed by atoms with E-state index >= 15 is 0 Å². The average molecular weight is 592 g/mol. The molecule has 230 valence electrons. The normalized spacial score (nSPS) is 18.9. The van der Waals surface area contributed by atoms with Crippen LogP contribution in [0.3, 0.4) is 0 Å². The summed E-state index contributed by atoms with van der Waals surface area (Å²) in [6.07, 6.45) is -1.05. The third-order valence-electron chi connectivity index (χ3n) is 7.84. The number of hydrogen-bond acceptors (Lipinski definition) is 5. The average Bonchev–Trinajstić information content (AvgIpc) is 2.91. The third-order valence-corrected chi connectivity index (χ3v) is 7.84. The van der Waals surface area contributed by atoms with Crippen LogP contribution < -0.4 is 20.7 Å². The molecule has 1 aliphatic rings. The number of anilines is 1. The van der Waals surface area contributed by atoms with Gasteiger partial charge in [0.05, 0.1) is 18.5 Å². The van der Waals surface area contributed by atoms with E-state index < -0.39 is 24.4 Å². The number of carboxylic acid groups (broad SMARTS) is 1. The van der Waals surface area contributed by atoms with Crippen molar-refractivity contribution in [3.8, 4) is 5.75 Å². The second kappa shape index (κ2) is 14.0. The number of halogens is 3. The number of carbonyl (C=O) groups excluding carboxylic acids is 2. The van der Waals surface area contributed by atoms with Crippen LogP contribution in [0.15, 0.2) is 48.5 Å². The SMILES string of the molecule is CC(NCCC(=O)O)C(=O)c1ccc(C(NC(=O)Nc2ccc(OC(F)(F)F)cc2)C2CCC(C(C)(C)C)CC2)cc1. The fourth-order valence-corrected chi connectivity index (χ4v) is 5.43. The predicted molar refractivity (Wildman–Crippen MR) is 153 cm³/mol. The van der Waals surface area contributed by atoms with Gasteiger partial charge in [0.2, 0.25) is 0 Å². The highest BCUT2D eigenvalue weighted by Crippen LogP contribution is 2.43. The number of rotatable bonds is 11. The molecular weight excluding hydrogens is 551 g/mol. The summed E-state index contributed by atoms with van der Waals surface area (Å²) in [6.45, 7) is 8.57. The van der Waals surface area contributed by atoms with E-state index in [1.165, 1.54) is 12.1 Å². The zero-order valence-corrected chi connectivity index (χ0v) is 24.4. The van der Waals surface area contributed by atoms with Gasteiger partial charge in [0, 0.05) is 17.8 Å². The smallest absolute Gasteiger partial charge is 0.481 e. The van der Waals surface area contributed by atoms with Gasteiger partial charge in [-0.3, -0.25) is 9.59 Å². The van der Waals surface area contributed by atoms with Gasteiger partial charge in [-0.1, -0.05) is 45.0 Å². The van der Waals surface area contributed by atoms with Crippen LogP contribution in [0.2, 0.25) is 0 Å². The van der Waals surface area contributed by atoms with Crippen molar-refractivity contribution >= 4 is 23.5 Å². The van der Waals surface area contributed by atoms with E-state index in [1.807, 2.05) is 12.1 Å². The summed E-state index contributed by atoms with van der Waals surface area (Å²) in [7, 11) is 0. The Balaban J connectivity index is 1.73. The van der Waals surface area contributed by atoms with Crippen molar-refractivity contribution in [1.82, 2.24) is 10.6 Å². The number of alkyl halides is 3. The van der Waals surface area contributed by atoms with Crippen molar-refractivity contribution in [3.63, 3.8) is 0 Å². The molecule has 0 radical (unpaired) electrons. The number of carboxylic acids is 1. The molecule has 0 heterocycles. The van der Waals surface area contributed by atoms with Crippen LogP contribution in [-0.4, -0.2) is 41.8 Å². The van der Waals surface area contributed by atoms with E-state index in [9.17, 15) is 27.6 Å². The van der Waals surface area contributed by atoms with Crippen molar-refractivity contribution in [3.05, 3.63) is 59.7 Å². The molecule has 4 N–H and O–H groups in total. The van der Waals surface area contributed by atoms with Gasteiger partial charge in [0.1, 0.15) is 5.75 Å². The predicted octanol–water partition coefficient (Wildman–Crippen LogP) is 6.94. The molecule has 8 nitrogen and oxygen atoms in total. The lowest BCUT2D eigenvalue weighted by molar-refractivity contribution is -0.274. The maximum atomic E-state index is 13.1. The van der Waals surface area contributed by atoms with Crippen molar-refractivity contribution in [2.75, 3.05) is 11.9 Å². The monoisotopic (exact) mass is 591 g/mol. The Hall–Kier alpha value is -3.60. The minimum Gasteiger partial charge on any atom is -0.481 e. The summed E-state index contributed by atoms with van der Waals surface area (Å²) in [5.74, 6) is -0.787. The van der Waals surface area contributed by atoms with E-state index in [-0.39, 0.29) is 41.9 Å². The summed E-state index contributed by atoms with van der Waals surface area (Å²) in [5.41, 5.74) is 1.79. The van der Waals surface area contributed by atoms with E-state index in [4.69, 9.17) is 5.11 Å². The molecule has 0 aromatic heterocycles. The summed E-state index contributed by atoms with van der Waals surface area (Å²) in [6, 6.07) is 10.6. The van der Waals surface area contributed by atoms with Gasteiger partial charge in [0.15, 0.2) is 5.78 Å². The fraction of sp³-hybridized carbons (Fsp3) is 0.516. The Morgan fingerprint density at radius 3 is 2.07 bits per heavy atom. The summed E-state index contributed by atoms with van der Waals surface area (Å²) < 4.78 is 41.3. The number of Topliss-reactive ketones (excluding diaryl/α,β-unsaturated/α-hetero) is 1. The van der Waals surface area contributed by atoms with Crippen LogP contribution in [0.5, 0.6) is 5.75 Å². The van der Waals surface area contributed by atoms with Gasteiger partial charge in [-0.05, 0) is 79.7 Å². The first kappa shape index (κ1) is 32.9. The minimum absolute atomic E-state index is 0.0884. The Bertz CT molecular complexity index is 1200. The van der Waals surface area contributed by atoms with Crippen molar-refractivity contribution in [1.29, 1.82) is 0 Å². The molecule has 1 saturated carbocycles. The molecule has 3 rings (SSSR count). The molecule has 2 aromatic carbocycles. The Kier molecular flexibility index (Phi) is 11.0. The lowest BCUT2D eigenvalue weighted by atomic mass is 9.68. The molecule has 0 bridgehead atoms. The molecule has 1 aliphatic carbocycles. The van der Waals surface area contributed by atoms with Gasteiger partial charge in [0.25, 0.3) is 0 Å². The quantitative estimate of drug-likeness (QED) is 0.211. The minimum atomic E-state index is -4.80. The summed E-state index contributed by atoms with van der Waals surface area (Å²) >= 11 is 0. The molecule has 0 aliphatic heterocycles. The number of hydrogen-bond donors (Lipinski definition) is 4. The number of aliphatic carboxylic acids is 1. The highest BCUT2D eigenvalue weighted by molar-refractivity contribution is 6.00. The van der Waals surface area contributed by atoms with Gasteiger partial charge >= 0.3 is 18.4 Å². The van der Waals surface area contributed by atoms with Gasteiger partial charge in [-0.15, -0.1) is 13.2 Å². The van der Waals surface area contributed by atoms with Gasteiger partial charge < -0.3 is 25.8 Å². The first-order chi connectivity index (χ1) is 19.6. The van der Waals surface area contributed by atoms with E-state index in [0.717, 1.165) is 43.4 Å². The van der Waals surface area contributed by atoms with Crippen LogP contribution in [-0.2, 0) is 4.79 Å². The number of carbonyl (C=O) groups is 3. The summed E-state index contributed by atoms with van der Waals surface area (Å²) in [5, 5.41) is 17.5. The van der Waals surface area contributed by atoms with Crippen LogP contribution in [0.1, 0.15) is 81.8 Å². The lowest BCUT2D eigenvalue weighted by Gasteiger charge is -2.39. The number of ether oxygens (including phenoxy) is 1. The van der Waals surface area contributed by atoms with Crippen LogP contribution >= 0.6 is 0 Å². The van der Waals surface area contributed by atoms with Crippen molar-refractivity contribution in [2.45, 2.75) is 78.2 Å². The molecule has 0 saturated heterocycles. The number of amides is 2. The van der Waals surface area contributed by atoms with Crippen LogP contribution in [0.4, 0.5) is 23.7 Å². The van der Waals surface area contributed by atoms with Gasteiger partial charge in [-0.2, -0.15) is 0 Å². The topological polar surface area (TPSA) is 117 Å². The maximum absolute atomic E-state index is 13.1. The molecule has 42 heavy (non-hydrogen) atoms. The van der Waals surface area contributed by atoms with E-state index in [0.29, 0.717) is 17.2 Å². The number of urea groups is 1. The largest absolute Gasteiger partial charge is 0.573 e. The summed E-state index contributed by atoms with van der Waals surface area (Å²) in [4.78, 5) is 36.7. The third kappa shape index (κ3) is 10.0. The Morgan fingerprint density at radius 2 is 1.55 bits per heavy atom. The molecule has 0 spiro atoms. The second-order valence-corrected chi connectivity index (χ2v) is 11.9. The van der Waals surface area contributed by atoms with Crippen LogP contribution in [0.25, 0.3) is 0 Å². The standard InChI is InChI=1S/C31H40F3N3O5/c1-19(35-18-17-26(38)39)28(40)22-7-5-20(6-8-22)27(21-9-11-23(12-10-21)30(2,3)4)37-29(41)36-24-13-15-25(16-14-24)42-31(32,33)34/h5-8,13-16,19,21,23,27,35H,9-12,17-18H2,1-4H3,(H,38,39)(H2,36,37,41). The number of benzene rings is 2. The first-order valence-corrected chi connectivity index (χ1v) is 14.1. The number of nitrogens with one attached hydrogen (secondary N) is 3. The van der Waals surface area contributed by atoms with Gasteiger partial charge in [-0.25, -0.2) is 4.79 Å². The maximum Gasteiger partial charge on any atom is 0.573 e. The molecular formula is C31H40F3N3O5. The lowest BCUT2D eigenvalue weighted by Crippen LogP contribution is -2.39. The molecule has 1 fully saturated rings. The fourth-order valence-electron chi connectivity index (χ4n) is 5.43. The van der Waals surface area contributed by atoms with E-state index in [2.05, 4.69) is 41.5 Å². The van der Waals surface area contributed by atoms with E-state index in [1.54, 1.807) is 19.1 Å². The highest BCUT2D eigenvalue weighted by atomic mass is 19.4. The Labute approximate surface area is 244 Å². The van der Waals surface area contributed by atoms with Crippen molar-refractivity contribution in [2.24, 2.45) is 17.3 Å². The van der Waals surface area contributed by atoms with Crippen molar-refractivity contribution < 1.29 is 37.4 Å². The zero-order chi connectivity index (χ0) is 31.1.